The summed E-state index contributed by atoms with van der Waals surface area (Å²) in [6.45, 7) is 6.65. The first-order chi connectivity index (χ1) is 15.5. The molecular formula is C26H27FN2O3. The van der Waals surface area contributed by atoms with Crippen molar-refractivity contribution in [3.05, 3.63) is 71.3 Å². The van der Waals surface area contributed by atoms with Crippen LogP contribution in [0.15, 0.2) is 53.2 Å². The minimum atomic E-state index is -0.273. The smallest absolute Gasteiger partial charge is 0.223 e. The lowest BCUT2D eigenvalue weighted by atomic mass is 9.93. The van der Waals surface area contributed by atoms with Crippen molar-refractivity contribution in [1.82, 2.24) is 9.88 Å². The zero-order chi connectivity index (χ0) is 22.8. The number of ether oxygens (including phenoxy) is 1. The molecule has 1 fully saturated rings. The van der Waals surface area contributed by atoms with E-state index < -0.39 is 0 Å². The van der Waals surface area contributed by atoms with E-state index >= 15 is 0 Å². The molecule has 2 aromatic carbocycles. The zero-order valence-corrected chi connectivity index (χ0v) is 18.8. The van der Waals surface area contributed by atoms with Crippen molar-refractivity contribution in [2.75, 3.05) is 13.7 Å². The van der Waals surface area contributed by atoms with Crippen molar-refractivity contribution in [1.29, 1.82) is 0 Å². The maximum Gasteiger partial charge on any atom is 0.223 e. The van der Waals surface area contributed by atoms with Crippen molar-refractivity contribution in [2.45, 2.75) is 39.7 Å². The van der Waals surface area contributed by atoms with E-state index in [-0.39, 0.29) is 24.2 Å². The number of benzene rings is 2. The average Bonchev–Trinajstić information content (AvgIpc) is 3.37. The van der Waals surface area contributed by atoms with E-state index in [2.05, 4.69) is 4.98 Å². The summed E-state index contributed by atoms with van der Waals surface area (Å²) in [4.78, 5) is 18.7. The van der Waals surface area contributed by atoms with Gasteiger partial charge in [-0.1, -0.05) is 32.0 Å². The van der Waals surface area contributed by atoms with Crippen LogP contribution in [0, 0.1) is 12.7 Å². The van der Waals surface area contributed by atoms with Gasteiger partial charge in [0.2, 0.25) is 5.91 Å². The number of pyridine rings is 1. The Morgan fingerprint density at radius 1 is 1.22 bits per heavy atom. The minimum absolute atomic E-state index is 0.0135. The van der Waals surface area contributed by atoms with Crippen molar-refractivity contribution >= 4 is 27.8 Å². The highest BCUT2D eigenvalue weighted by Crippen LogP contribution is 2.42. The van der Waals surface area contributed by atoms with E-state index in [4.69, 9.17) is 9.15 Å². The number of nitrogens with zero attached hydrogens (tertiary/aromatic N) is 2. The third-order valence-electron chi connectivity index (χ3n) is 5.86. The highest BCUT2D eigenvalue weighted by Gasteiger charge is 2.33. The number of methoxy groups -OCH3 is 1. The highest BCUT2D eigenvalue weighted by molar-refractivity contribution is 6.08. The summed E-state index contributed by atoms with van der Waals surface area (Å²) in [7, 11) is 1.61. The fraction of sp³-hybridized carbons (Fsp3) is 0.308. The molecule has 1 aliphatic heterocycles. The van der Waals surface area contributed by atoms with E-state index in [1.54, 1.807) is 30.5 Å². The Morgan fingerprint density at radius 3 is 2.78 bits per heavy atom. The van der Waals surface area contributed by atoms with Gasteiger partial charge in [0, 0.05) is 54.2 Å². The number of rotatable bonds is 4. The van der Waals surface area contributed by atoms with Crippen LogP contribution in [0.25, 0.3) is 21.9 Å². The van der Waals surface area contributed by atoms with Crippen LogP contribution in [0.1, 0.15) is 42.9 Å². The number of hydrogen-bond acceptors (Lipinski definition) is 4. The predicted molar refractivity (Wildman–Crippen MR) is 123 cm³/mol. The topological polar surface area (TPSA) is 55.6 Å². The van der Waals surface area contributed by atoms with Gasteiger partial charge >= 0.3 is 0 Å². The number of aryl methyl sites for hydroxylation is 1. The molecule has 6 heteroatoms. The number of carbonyl (C=O) groups is 1. The summed E-state index contributed by atoms with van der Waals surface area (Å²) in [5.74, 6) is 0.383. The van der Waals surface area contributed by atoms with E-state index in [1.165, 1.54) is 6.07 Å². The molecule has 1 aliphatic rings. The second kappa shape index (κ2) is 8.99. The molecule has 1 amide bonds. The van der Waals surface area contributed by atoms with Gasteiger partial charge in [0.25, 0.3) is 0 Å². The fourth-order valence-corrected chi connectivity index (χ4v) is 4.35. The van der Waals surface area contributed by atoms with Crippen molar-refractivity contribution in [3.63, 3.8) is 0 Å². The van der Waals surface area contributed by atoms with Gasteiger partial charge < -0.3 is 14.1 Å². The molecular weight excluding hydrogens is 407 g/mol. The Labute approximate surface area is 186 Å². The summed E-state index contributed by atoms with van der Waals surface area (Å²) < 4.78 is 25.8. The number of fused-ring (bicyclic) bond motifs is 3. The molecule has 0 saturated carbocycles. The van der Waals surface area contributed by atoms with Gasteiger partial charge in [-0.2, -0.15) is 0 Å². The van der Waals surface area contributed by atoms with Gasteiger partial charge in [0.15, 0.2) is 11.3 Å². The van der Waals surface area contributed by atoms with Gasteiger partial charge in [-0.05, 0) is 36.2 Å². The Morgan fingerprint density at radius 2 is 2.03 bits per heavy atom. The highest BCUT2D eigenvalue weighted by atomic mass is 19.1. The van der Waals surface area contributed by atoms with Crippen LogP contribution in [-0.4, -0.2) is 29.4 Å². The van der Waals surface area contributed by atoms with Crippen LogP contribution in [0.2, 0.25) is 0 Å². The molecule has 0 aliphatic carbocycles. The second-order valence-electron chi connectivity index (χ2n) is 7.81. The first-order valence-corrected chi connectivity index (χ1v) is 10.9. The molecule has 1 saturated heterocycles. The lowest BCUT2D eigenvalue weighted by Crippen LogP contribution is -2.25. The van der Waals surface area contributed by atoms with Gasteiger partial charge in [-0.15, -0.1) is 0 Å². The molecule has 0 bridgehead atoms. The Balaban J connectivity index is 0.00000119. The largest absolute Gasteiger partial charge is 0.493 e. The van der Waals surface area contributed by atoms with Crippen molar-refractivity contribution < 1.29 is 18.3 Å². The van der Waals surface area contributed by atoms with Crippen LogP contribution in [-0.2, 0) is 11.3 Å². The molecule has 32 heavy (non-hydrogen) atoms. The van der Waals surface area contributed by atoms with E-state index in [0.29, 0.717) is 29.9 Å². The maximum atomic E-state index is 14.3. The molecule has 4 aromatic rings. The zero-order valence-electron chi connectivity index (χ0n) is 18.8. The van der Waals surface area contributed by atoms with Crippen LogP contribution >= 0.6 is 0 Å². The monoisotopic (exact) mass is 434 g/mol. The fourth-order valence-electron chi connectivity index (χ4n) is 4.35. The molecule has 5 nitrogen and oxygen atoms in total. The number of carbonyl (C=O) groups excluding carboxylic acids is 1. The average molecular weight is 435 g/mol. The van der Waals surface area contributed by atoms with Crippen molar-refractivity contribution in [2.24, 2.45) is 0 Å². The molecule has 2 aromatic heterocycles. The summed E-state index contributed by atoms with van der Waals surface area (Å²) >= 11 is 0. The molecule has 1 unspecified atom stereocenters. The molecule has 0 spiro atoms. The van der Waals surface area contributed by atoms with Crippen LogP contribution in [0.5, 0.6) is 5.75 Å². The first kappa shape index (κ1) is 21.8. The molecule has 0 N–H and O–H groups in total. The first-order valence-electron chi connectivity index (χ1n) is 10.9. The van der Waals surface area contributed by atoms with E-state index in [0.717, 1.165) is 27.5 Å². The molecule has 0 radical (unpaired) electrons. The summed E-state index contributed by atoms with van der Waals surface area (Å²) in [5.41, 5.74) is 3.82. The minimum Gasteiger partial charge on any atom is -0.493 e. The number of furan rings is 1. The van der Waals surface area contributed by atoms with Gasteiger partial charge in [-0.3, -0.25) is 9.78 Å². The van der Waals surface area contributed by atoms with Gasteiger partial charge in [-0.25, -0.2) is 4.39 Å². The number of halogens is 1. The summed E-state index contributed by atoms with van der Waals surface area (Å²) in [5, 5.41) is 1.83. The molecule has 3 heterocycles. The Bertz CT molecular complexity index is 1280. The van der Waals surface area contributed by atoms with Gasteiger partial charge in [0.05, 0.1) is 7.11 Å². The normalized spacial score (nSPS) is 15.8. The summed E-state index contributed by atoms with van der Waals surface area (Å²) in [6.07, 6.45) is 3.84. The lowest BCUT2D eigenvalue weighted by Gasteiger charge is -2.18. The van der Waals surface area contributed by atoms with E-state index in [9.17, 15) is 9.18 Å². The maximum absolute atomic E-state index is 14.3. The number of aromatic nitrogens is 1. The Hall–Kier alpha value is -3.41. The number of likely N-dealkylation sites (tertiary alicyclic amines) is 1. The van der Waals surface area contributed by atoms with Crippen molar-refractivity contribution in [3.8, 4) is 5.75 Å². The molecule has 166 valence electrons. The quantitative estimate of drug-likeness (QED) is 0.396. The predicted octanol–water partition coefficient (Wildman–Crippen LogP) is 5.98. The third kappa shape index (κ3) is 3.81. The lowest BCUT2D eigenvalue weighted by molar-refractivity contribution is -0.128. The van der Waals surface area contributed by atoms with E-state index in [1.807, 2.05) is 45.0 Å². The molecule has 1 atom stereocenters. The molecule has 5 rings (SSSR count). The van der Waals surface area contributed by atoms with Crippen LogP contribution < -0.4 is 4.74 Å². The standard InChI is InChI=1S/C24H21FN2O3.C2H6/c1-14-3-4-15(19(25)9-14)12-27-13-16(10-22(27)28)17-5-6-21(29-2)24-23(17)18-11-26-8-7-20(18)30-24;1-2/h3-9,11,16H,10,12-13H2,1-2H3;1-2H3. The van der Waals surface area contributed by atoms with Crippen LogP contribution in [0.4, 0.5) is 4.39 Å². The van der Waals surface area contributed by atoms with Crippen LogP contribution in [0.3, 0.4) is 0 Å². The second-order valence-corrected chi connectivity index (χ2v) is 7.81. The Kier molecular flexibility index (Phi) is 6.12. The van der Waals surface area contributed by atoms with Gasteiger partial charge in [0.1, 0.15) is 11.4 Å². The number of hydrogen-bond donors (Lipinski definition) is 0. The number of amides is 1. The SMILES string of the molecule is CC.COc1ccc(C2CC(=O)N(Cc3ccc(C)cc3F)C2)c2c1oc1ccncc12. The summed E-state index contributed by atoms with van der Waals surface area (Å²) in [6, 6.07) is 10.8. The third-order valence-corrected chi connectivity index (χ3v) is 5.86.